The summed E-state index contributed by atoms with van der Waals surface area (Å²) in [7, 11) is 1.84. The molecule has 8 nitrogen and oxygen atoms in total. The van der Waals surface area contributed by atoms with E-state index in [1.807, 2.05) is 18.4 Å². The molecule has 4 rings (SSSR count). The number of hydrogen-bond acceptors (Lipinski definition) is 6. The molecule has 0 aromatic carbocycles. The second-order valence-electron chi connectivity index (χ2n) is 8.16. The molecular formula is C22H36IN7OS. The van der Waals surface area contributed by atoms with Gasteiger partial charge in [0.15, 0.2) is 5.96 Å². The zero-order chi connectivity index (χ0) is 21.3. The molecule has 0 aliphatic carbocycles. The van der Waals surface area contributed by atoms with Crippen LogP contribution in [0, 0.1) is 0 Å². The van der Waals surface area contributed by atoms with E-state index in [9.17, 15) is 0 Å². The van der Waals surface area contributed by atoms with Gasteiger partial charge in [0.1, 0.15) is 11.6 Å². The Balaban J connectivity index is 0.00000289. The molecule has 1 fully saturated rings. The molecule has 32 heavy (non-hydrogen) atoms. The average molecular weight is 574 g/mol. The summed E-state index contributed by atoms with van der Waals surface area (Å²) in [5.74, 6) is 3.15. The highest BCUT2D eigenvalue weighted by Crippen LogP contribution is 2.25. The first kappa shape index (κ1) is 25.4. The van der Waals surface area contributed by atoms with Gasteiger partial charge in [-0.3, -0.25) is 9.89 Å². The minimum absolute atomic E-state index is 0. The Morgan fingerprint density at radius 1 is 1.19 bits per heavy atom. The van der Waals surface area contributed by atoms with Crippen molar-refractivity contribution in [3.05, 3.63) is 34.0 Å². The fourth-order valence-electron chi connectivity index (χ4n) is 4.38. The van der Waals surface area contributed by atoms with Crippen LogP contribution in [0.3, 0.4) is 0 Å². The number of thiophene rings is 1. The number of aromatic nitrogens is 3. The Morgan fingerprint density at radius 3 is 2.84 bits per heavy atom. The minimum atomic E-state index is 0. The first-order valence-electron chi connectivity index (χ1n) is 11.6. The molecule has 10 heteroatoms. The van der Waals surface area contributed by atoms with E-state index in [4.69, 9.17) is 4.74 Å². The number of hydrogen-bond donors (Lipinski definition) is 2. The number of halogens is 1. The van der Waals surface area contributed by atoms with Gasteiger partial charge in [-0.1, -0.05) is 12.5 Å². The first-order valence-corrected chi connectivity index (χ1v) is 12.4. The van der Waals surface area contributed by atoms with E-state index in [1.54, 1.807) is 0 Å². The number of nitrogens with one attached hydrogen (secondary N) is 2. The number of aliphatic imine (C=N–C) groups is 1. The molecule has 0 bridgehead atoms. The van der Waals surface area contributed by atoms with Gasteiger partial charge in [-0.15, -0.1) is 45.5 Å². The molecule has 1 unspecified atom stereocenters. The molecule has 0 saturated carbocycles. The minimum Gasteiger partial charge on any atom is -0.379 e. The van der Waals surface area contributed by atoms with E-state index < -0.39 is 0 Å². The summed E-state index contributed by atoms with van der Waals surface area (Å²) in [5.41, 5.74) is 0. The molecule has 2 aromatic rings. The standard InChI is InChI=1S/C22H35N7OS.HI/c1-23-22(24-10-5-9-21-27-26-20-8-3-2-4-11-29(20)21)25-17-18(19-7-6-16-31-19)28-12-14-30-15-13-28;/h6-7,16,18H,2-5,8-15,17H2,1H3,(H2,23,24,25);1H. The maximum absolute atomic E-state index is 5.55. The zero-order valence-corrected chi connectivity index (χ0v) is 22.1. The third-order valence-electron chi connectivity index (χ3n) is 6.10. The summed E-state index contributed by atoms with van der Waals surface area (Å²) in [5, 5.41) is 18.0. The third kappa shape index (κ3) is 6.88. The SMILES string of the molecule is CN=C(NCCCc1nnc2n1CCCCC2)NCC(c1cccs1)N1CCOCC1.I. The number of rotatable bonds is 8. The van der Waals surface area contributed by atoms with Crippen molar-refractivity contribution >= 4 is 41.3 Å². The summed E-state index contributed by atoms with van der Waals surface area (Å²) in [4.78, 5) is 8.32. The van der Waals surface area contributed by atoms with E-state index in [0.717, 1.165) is 77.0 Å². The predicted octanol–water partition coefficient (Wildman–Crippen LogP) is 2.86. The molecule has 1 atom stereocenters. The smallest absolute Gasteiger partial charge is 0.191 e. The number of nitrogens with zero attached hydrogens (tertiary/aromatic N) is 5. The van der Waals surface area contributed by atoms with E-state index in [0.29, 0.717) is 6.04 Å². The molecule has 2 aromatic heterocycles. The van der Waals surface area contributed by atoms with Gasteiger partial charge in [0, 0.05) is 57.5 Å². The van der Waals surface area contributed by atoms with E-state index in [-0.39, 0.29) is 24.0 Å². The van der Waals surface area contributed by atoms with Crippen LogP contribution in [0.1, 0.15) is 48.3 Å². The molecule has 0 spiro atoms. The predicted molar refractivity (Wildman–Crippen MR) is 140 cm³/mol. The quantitative estimate of drug-likeness (QED) is 0.219. The van der Waals surface area contributed by atoms with Crippen LogP contribution in [0.2, 0.25) is 0 Å². The van der Waals surface area contributed by atoms with E-state index in [1.165, 1.54) is 30.0 Å². The first-order chi connectivity index (χ1) is 15.3. The van der Waals surface area contributed by atoms with Crippen molar-refractivity contribution in [2.45, 2.75) is 51.1 Å². The fourth-order valence-corrected chi connectivity index (χ4v) is 5.24. The number of fused-ring (bicyclic) bond motifs is 1. The molecular weight excluding hydrogens is 537 g/mol. The van der Waals surface area contributed by atoms with Gasteiger partial charge in [0.2, 0.25) is 0 Å². The van der Waals surface area contributed by atoms with Crippen molar-refractivity contribution in [2.24, 2.45) is 4.99 Å². The highest BCUT2D eigenvalue weighted by Gasteiger charge is 2.23. The van der Waals surface area contributed by atoms with Crippen LogP contribution in [-0.2, 0) is 24.1 Å². The molecule has 2 N–H and O–H groups in total. The van der Waals surface area contributed by atoms with Crippen LogP contribution in [0.5, 0.6) is 0 Å². The summed E-state index contributed by atoms with van der Waals surface area (Å²) in [6, 6.07) is 4.70. The summed E-state index contributed by atoms with van der Waals surface area (Å²) in [6.45, 7) is 6.32. The van der Waals surface area contributed by atoms with Gasteiger partial charge in [-0.2, -0.15) is 0 Å². The topological polar surface area (TPSA) is 79.6 Å². The zero-order valence-electron chi connectivity index (χ0n) is 19.0. The number of ether oxygens (including phenoxy) is 1. The van der Waals surface area contributed by atoms with E-state index in [2.05, 4.69) is 52.8 Å². The Bertz CT molecular complexity index is 820. The van der Waals surface area contributed by atoms with Crippen LogP contribution in [0.25, 0.3) is 0 Å². The molecule has 178 valence electrons. The Hall–Kier alpha value is -1.24. The van der Waals surface area contributed by atoms with Gasteiger partial charge >= 0.3 is 0 Å². The molecule has 1 saturated heterocycles. The Kier molecular flexibility index (Phi) is 10.7. The highest BCUT2D eigenvalue weighted by molar-refractivity contribution is 14.0. The van der Waals surface area contributed by atoms with Crippen molar-refractivity contribution in [2.75, 3.05) is 46.4 Å². The van der Waals surface area contributed by atoms with E-state index >= 15 is 0 Å². The summed E-state index contributed by atoms with van der Waals surface area (Å²) < 4.78 is 7.89. The lowest BCUT2D eigenvalue weighted by Crippen LogP contribution is -2.46. The van der Waals surface area contributed by atoms with Crippen LogP contribution in [0.4, 0.5) is 0 Å². The Labute approximate surface area is 212 Å². The van der Waals surface area contributed by atoms with Crippen LogP contribution < -0.4 is 10.6 Å². The fraction of sp³-hybridized carbons (Fsp3) is 0.682. The van der Waals surface area contributed by atoms with Gasteiger partial charge in [0.05, 0.1) is 19.3 Å². The van der Waals surface area contributed by atoms with Crippen molar-refractivity contribution in [1.29, 1.82) is 0 Å². The number of guanidine groups is 1. The van der Waals surface area contributed by atoms with Crippen molar-refractivity contribution in [3.63, 3.8) is 0 Å². The van der Waals surface area contributed by atoms with Crippen LogP contribution in [-0.4, -0.2) is 72.1 Å². The average Bonchev–Trinajstić information content (AvgIpc) is 3.41. The molecule has 2 aliphatic rings. The summed E-state index contributed by atoms with van der Waals surface area (Å²) in [6.07, 6.45) is 6.79. The van der Waals surface area contributed by atoms with Gasteiger partial charge in [0.25, 0.3) is 0 Å². The van der Waals surface area contributed by atoms with Crippen LogP contribution in [0.15, 0.2) is 22.5 Å². The monoisotopic (exact) mass is 573 g/mol. The van der Waals surface area contributed by atoms with Crippen LogP contribution >= 0.6 is 35.3 Å². The van der Waals surface area contributed by atoms with Gasteiger partial charge in [-0.25, -0.2) is 0 Å². The lowest BCUT2D eigenvalue weighted by Gasteiger charge is -2.34. The maximum Gasteiger partial charge on any atom is 0.191 e. The largest absolute Gasteiger partial charge is 0.379 e. The molecule has 2 aliphatic heterocycles. The second-order valence-corrected chi connectivity index (χ2v) is 9.14. The van der Waals surface area contributed by atoms with Crippen molar-refractivity contribution < 1.29 is 4.74 Å². The van der Waals surface area contributed by atoms with Gasteiger partial charge in [-0.05, 0) is 30.7 Å². The normalized spacial score (nSPS) is 18.3. The molecule has 4 heterocycles. The lowest BCUT2D eigenvalue weighted by molar-refractivity contribution is 0.0177. The third-order valence-corrected chi connectivity index (χ3v) is 7.07. The maximum atomic E-state index is 5.55. The van der Waals surface area contributed by atoms with Gasteiger partial charge < -0.3 is 19.9 Å². The highest BCUT2D eigenvalue weighted by atomic mass is 127. The second kappa shape index (κ2) is 13.5. The number of morpholine rings is 1. The summed E-state index contributed by atoms with van der Waals surface area (Å²) >= 11 is 1.82. The van der Waals surface area contributed by atoms with Crippen molar-refractivity contribution in [1.82, 2.24) is 30.3 Å². The Morgan fingerprint density at radius 2 is 2.06 bits per heavy atom. The molecule has 0 radical (unpaired) electrons. The molecule has 0 amide bonds. The number of aryl methyl sites for hydroxylation is 2. The van der Waals surface area contributed by atoms with Crippen molar-refractivity contribution in [3.8, 4) is 0 Å². The lowest BCUT2D eigenvalue weighted by atomic mass is 10.2.